The lowest BCUT2D eigenvalue weighted by atomic mass is 10.0. The summed E-state index contributed by atoms with van der Waals surface area (Å²) >= 11 is 0. The van der Waals surface area contributed by atoms with E-state index in [0.717, 1.165) is 18.8 Å². The Hall–Kier alpha value is -1.20. The standard InChI is InChI=1S/C15H25N3O2/c1-11(2)15-16-8-14(13(9-19)17-15)20-10-12-6-4-5-7-18(12)3/h8,11-12,19H,4-7,9-10H2,1-3H3. The van der Waals surface area contributed by atoms with Crippen LogP contribution in [0.15, 0.2) is 6.20 Å². The van der Waals surface area contributed by atoms with E-state index in [-0.39, 0.29) is 12.5 Å². The van der Waals surface area contributed by atoms with E-state index in [4.69, 9.17) is 4.74 Å². The van der Waals surface area contributed by atoms with Crippen LogP contribution in [0.4, 0.5) is 0 Å². The third-order valence-electron chi connectivity index (χ3n) is 3.87. The summed E-state index contributed by atoms with van der Waals surface area (Å²) in [6, 6.07) is 0.445. The molecule has 20 heavy (non-hydrogen) atoms. The SMILES string of the molecule is CC(C)c1ncc(OCC2CCCCN2C)c(CO)n1. The summed E-state index contributed by atoms with van der Waals surface area (Å²) in [5.41, 5.74) is 0.585. The zero-order valence-electron chi connectivity index (χ0n) is 12.7. The van der Waals surface area contributed by atoms with Crippen molar-refractivity contribution in [3.63, 3.8) is 0 Å². The maximum Gasteiger partial charge on any atom is 0.161 e. The summed E-state index contributed by atoms with van der Waals surface area (Å²) in [4.78, 5) is 11.0. The first-order valence-electron chi connectivity index (χ1n) is 7.41. The van der Waals surface area contributed by atoms with Crippen LogP contribution in [0, 0.1) is 0 Å². The number of aromatic nitrogens is 2. The average Bonchev–Trinajstić information content (AvgIpc) is 2.46. The molecular weight excluding hydrogens is 254 g/mol. The number of aliphatic hydroxyl groups is 1. The van der Waals surface area contributed by atoms with Crippen molar-refractivity contribution in [2.24, 2.45) is 0 Å². The fourth-order valence-electron chi connectivity index (χ4n) is 2.47. The Morgan fingerprint density at radius 3 is 2.90 bits per heavy atom. The third-order valence-corrected chi connectivity index (χ3v) is 3.87. The molecule has 0 aliphatic carbocycles. The van der Waals surface area contributed by atoms with E-state index in [1.165, 1.54) is 12.8 Å². The Morgan fingerprint density at radius 1 is 1.45 bits per heavy atom. The van der Waals surface area contributed by atoms with Gasteiger partial charge in [0.15, 0.2) is 5.75 Å². The summed E-state index contributed by atoms with van der Waals surface area (Å²) < 4.78 is 5.85. The van der Waals surface area contributed by atoms with E-state index in [2.05, 4.69) is 21.9 Å². The largest absolute Gasteiger partial charge is 0.488 e. The molecule has 0 spiro atoms. The van der Waals surface area contributed by atoms with Gasteiger partial charge in [0.05, 0.1) is 12.8 Å². The summed E-state index contributed by atoms with van der Waals surface area (Å²) in [6.07, 6.45) is 5.38. The van der Waals surface area contributed by atoms with Crippen LogP contribution in [0.3, 0.4) is 0 Å². The zero-order valence-corrected chi connectivity index (χ0v) is 12.7. The second kappa shape index (κ2) is 6.99. The molecule has 1 saturated heterocycles. The molecule has 0 saturated carbocycles. The molecule has 5 nitrogen and oxygen atoms in total. The molecule has 0 bridgehead atoms. The molecular formula is C15H25N3O2. The molecule has 1 aromatic heterocycles. The number of likely N-dealkylation sites (tertiary alicyclic amines) is 1. The van der Waals surface area contributed by atoms with Gasteiger partial charge in [0.1, 0.15) is 18.1 Å². The van der Waals surface area contributed by atoms with Crippen molar-refractivity contribution in [2.75, 3.05) is 20.2 Å². The molecule has 0 aromatic carbocycles. The van der Waals surface area contributed by atoms with Crippen LogP contribution in [0.25, 0.3) is 0 Å². The van der Waals surface area contributed by atoms with Crippen LogP contribution >= 0.6 is 0 Å². The lowest BCUT2D eigenvalue weighted by Crippen LogP contribution is -2.40. The van der Waals surface area contributed by atoms with E-state index in [1.54, 1.807) is 6.20 Å². The minimum Gasteiger partial charge on any atom is -0.488 e. The first-order valence-corrected chi connectivity index (χ1v) is 7.41. The lowest BCUT2D eigenvalue weighted by Gasteiger charge is -2.32. The molecule has 0 radical (unpaired) electrons. The Labute approximate surface area is 121 Å². The molecule has 1 atom stereocenters. The number of rotatable bonds is 5. The van der Waals surface area contributed by atoms with Crippen LogP contribution in [0.2, 0.25) is 0 Å². The Morgan fingerprint density at radius 2 is 2.25 bits per heavy atom. The highest BCUT2D eigenvalue weighted by atomic mass is 16.5. The summed E-state index contributed by atoms with van der Waals surface area (Å²) in [6.45, 7) is 5.72. The predicted octanol–water partition coefficient (Wildman–Crippen LogP) is 1.96. The normalized spacial score (nSPS) is 20.4. The van der Waals surface area contributed by atoms with E-state index in [1.807, 2.05) is 13.8 Å². The van der Waals surface area contributed by atoms with Crippen molar-refractivity contribution in [1.82, 2.24) is 14.9 Å². The number of hydrogen-bond acceptors (Lipinski definition) is 5. The predicted molar refractivity (Wildman–Crippen MR) is 77.8 cm³/mol. The van der Waals surface area contributed by atoms with Gasteiger partial charge in [-0.1, -0.05) is 20.3 Å². The van der Waals surface area contributed by atoms with Gasteiger partial charge in [0, 0.05) is 12.0 Å². The van der Waals surface area contributed by atoms with Crippen LogP contribution < -0.4 is 4.74 Å². The molecule has 112 valence electrons. The topological polar surface area (TPSA) is 58.5 Å². The van der Waals surface area contributed by atoms with Gasteiger partial charge in [-0.05, 0) is 26.4 Å². The minimum absolute atomic E-state index is 0.113. The van der Waals surface area contributed by atoms with Crippen LogP contribution in [0.5, 0.6) is 5.75 Å². The highest BCUT2D eigenvalue weighted by molar-refractivity contribution is 5.24. The highest BCUT2D eigenvalue weighted by Gasteiger charge is 2.20. The Balaban J connectivity index is 2.01. The zero-order chi connectivity index (χ0) is 14.5. The summed E-state index contributed by atoms with van der Waals surface area (Å²) in [7, 11) is 2.14. The van der Waals surface area contributed by atoms with Gasteiger partial charge in [-0.3, -0.25) is 0 Å². The number of likely N-dealkylation sites (N-methyl/N-ethyl adjacent to an activating group) is 1. The van der Waals surface area contributed by atoms with Gasteiger partial charge < -0.3 is 14.7 Å². The van der Waals surface area contributed by atoms with Crippen LogP contribution in [0.1, 0.15) is 50.5 Å². The number of nitrogens with zero attached hydrogens (tertiary/aromatic N) is 3. The van der Waals surface area contributed by atoms with E-state index < -0.39 is 0 Å². The fourth-order valence-corrected chi connectivity index (χ4v) is 2.47. The summed E-state index contributed by atoms with van der Waals surface area (Å²) in [5, 5.41) is 9.43. The van der Waals surface area contributed by atoms with Crippen molar-refractivity contribution in [3.8, 4) is 5.75 Å². The molecule has 0 amide bonds. The first kappa shape index (κ1) is 15.2. The van der Waals surface area contributed by atoms with Gasteiger partial charge >= 0.3 is 0 Å². The van der Waals surface area contributed by atoms with Crippen molar-refractivity contribution >= 4 is 0 Å². The van der Waals surface area contributed by atoms with E-state index in [9.17, 15) is 5.11 Å². The molecule has 1 unspecified atom stereocenters. The first-order chi connectivity index (χ1) is 9.61. The van der Waals surface area contributed by atoms with Crippen LogP contribution in [-0.4, -0.2) is 46.2 Å². The van der Waals surface area contributed by atoms with Crippen molar-refractivity contribution in [2.45, 2.75) is 51.7 Å². The maximum atomic E-state index is 9.43. The van der Waals surface area contributed by atoms with Gasteiger partial charge in [-0.2, -0.15) is 0 Å². The molecule has 1 aliphatic rings. The summed E-state index contributed by atoms with van der Waals surface area (Å²) in [5.74, 6) is 1.60. The molecule has 1 aliphatic heterocycles. The quantitative estimate of drug-likeness (QED) is 0.893. The average molecular weight is 279 g/mol. The van der Waals surface area contributed by atoms with Crippen molar-refractivity contribution in [3.05, 3.63) is 17.7 Å². The molecule has 5 heteroatoms. The molecule has 2 heterocycles. The Bertz CT molecular complexity index is 437. The molecule has 1 aromatic rings. The van der Waals surface area contributed by atoms with Gasteiger partial charge in [-0.15, -0.1) is 0 Å². The maximum absolute atomic E-state index is 9.43. The molecule has 2 rings (SSSR count). The number of aliphatic hydroxyl groups excluding tert-OH is 1. The van der Waals surface area contributed by atoms with E-state index in [0.29, 0.717) is 24.1 Å². The van der Waals surface area contributed by atoms with Crippen molar-refractivity contribution in [1.29, 1.82) is 0 Å². The highest BCUT2D eigenvalue weighted by Crippen LogP contribution is 2.21. The Kier molecular flexibility index (Phi) is 5.31. The van der Waals surface area contributed by atoms with Crippen LogP contribution in [-0.2, 0) is 6.61 Å². The van der Waals surface area contributed by atoms with Crippen molar-refractivity contribution < 1.29 is 9.84 Å². The number of piperidine rings is 1. The van der Waals surface area contributed by atoms with Gasteiger partial charge in [-0.25, -0.2) is 9.97 Å². The van der Waals surface area contributed by atoms with E-state index >= 15 is 0 Å². The van der Waals surface area contributed by atoms with Gasteiger partial charge in [0.2, 0.25) is 0 Å². The molecule has 1 fully saturated rings. The smallest absolute Gasteiger partial charge is 0.161 e. The second-order valence-electron chi connectivity index (χ2n) is 5.79. The monoisotopic (exact) mass is 279 g/mol. The third kappa shape index (κ3) is 3.67. The van der Waals surface area contributed by atoms with Gasteiger partial charge in [0.25, 0.3) is 0 Å². The number of hydrogen-bond donors (Lipinski definition) is 1. The molecule has 1 N–H and O–H groups in total. The lowest BCUT2D eigenvalue weighted by molar-refractivity contribution is 0.122. The minimum atomic E-state index is -0.113. The fraction of sp³-hybridized carbons (Fsp3) is 0.733. The second-order valence-corrected chi connectivity index (χ2v) is 5.79. The number of ether oxygens (including phenoxy) is 1.